The van der Waals surface area contributed by atoms with Crippen LogP contribution in [0, 0.1) is 0 Å². The highest BCUT2D eigenvalue weighted by atomic mass is 35.5. The molecule has 0 aliphatic carbocycles. The van der Waals surface area contributed by atoms with Gasteiger partial charge in [0.05, 0.1) is 6.10 Å². The van der Waals surface area contributed by atoms with Crippen LogP contribution in [0.15, 0.2) is 48.5 Å². The van der Waals surface area contributed by atoms with Gasteiger partial charge in [0.25, 0.3) is 0 Å². The van der Waals surface area contributed by atoms with Crippen molar-refractivity contribution in [3.8, 4) is 0 Å². The van der Waals surface area contributed by atoms with Gasteiger partial charge in [-0.25, -0.2) is 0 Å². The number of aliphatic hydroxyl groups is 1. The summed E-state index contributed by atoms with van der Waals surface area (Å²) < 4.78 is 0. The number of benzene rings is 2. The molecule has 2 nitrogen and oxygen atoms in total. The van der Waals surface area contributed by atoms with Crippen LogP contribution >= 0.6 is 23.2 Å². The predicted octanol–water partition coefficient (Wildman–Crippen LogP) is 3.77. The van der Waals surface area contributed by atoms with Crippen LogP contribution in [0.25, 0.3) is 0 Å². The highest BCUT2D eigenvalue weighted by Crippen LogP contribution is 2.38. The van der Waals surface area contributed by atoms with E-state index >= 15 is 0 Å². The van der Waals surface area contributed by atoms with E-state index < -0.39 is 6.10 Å². The van der Waals surface area contributed by atoms with Gasteiger partial charge in [-0.3, -0.25) is 0 Å². The third-order valence-corrected chi connectivity index (χ3v) is 3.81. The number of aliphatic hydroxyl groups excluding tert-OH is 1. The molecule has 2 unspecified atom stereocenters. The molecule has 2 aromatic carbocycles. The highest BCUT2D eigenvalue weighted by molar-refractivity contribution is 6.36. The van der Waals surface area contributed by atoms with Crippen molar-refractivity contribution in [1.82, 2.24) is 0 Å². The minimum absolute atomic E-state index is 0.263. The molecule has 0 aliphatic heterocycles. The molecule has 2 rings (SSSR count). The quantitative estimate of drug-likeness (QED) is 0.902. The van der Waals surface area contributed by atoms with E-state index in [2.05, 4.69) is 0 Å². The molecule has 0 saturated carbocycles. The Balaban J connectivity index is 2.40. The standard InChI is InChI=1S/C15H15Cl2NO/c16-12-7-4-8-13(17)14(12)11(9-18)15(19)10-5-2-1-3-6-10/h1-8,11,15,19H,9,18H2. The van der Waals surface area contributed by atoms with E-state index in [9.17, 15) is 5.11 Å². The molecule has 0 spiro atoms. The van der Waals surface area contributed by atoms with E-state index in [-0.39, 0.29) is 12.5 Å². The van der Waals surface area contributed by atoms with Gasteiger partial charge in [0, 0.05) is 22.5 Å². The first kappa shape index (κ1) is 14.4. The maximum Gasteiger partial charge on any atom is 0.0871 e. The maximum absolute atomic E-state index is 10.5. The predicted molar refractivity (Wildman–Crippen MR) is 79.7 cm³/mol. The molecule has 2 aromatic rings. The lowest BCUT2D eigenvalue weighted by molar-refractivity contribution is 0.147. The second kappa shape index (κ2) is 6.40. The van der Waals surface area contributed by atoms with Gasteiger partial charge in [-0.05, 0) is 23.3 Å². The number of nitrogens with two attached hydrogens (primary N) is 1. The Hall–Kier alpha value is -1.06. The van der Waals surface area contributed by atoms with Crippen molar-refractivity contribution in [2.45, 2.75) is 12.0 Å². The van der Waals surface area contributed by atoms with Crippen molar-refractivity contribution >= 4 is 23.2 Å². The van der Waals surface area contributed by atoms with E-state index in [0.29, 0.717) is 15.6 Å². The molecular weight excluding hydrogens is 281 g/mol. The van der Waals surface area contributed by atoms with Crippen LogP contribution in [0.1, 0.15) is 23.1 Å². The smallest absolute Gasteiger partial charge is 0.0871 e. The lowest BCUT2D eigenvalue weighted by Crippen LogP contribution is -2.21. The lowest BCUT2D eigenvalue weighted by Gasteiger charge is -2.24. The molecule has 0 amide bonds. The van der Waals surface area contributed by atoms with E-state index in [0.717, 1.165) is 5.56 Å². The minimum atomic E-state index is -0.733. The van der Waals surface area contributed by atoms with Crippen molar-refractivity contribution in [3.05, 3.63) is 69.7 Å². The molecular formula is C15H15Cl2NO. The second-order valence-electron chi connectivity index (χ2n) is 4.33. The Labute approximate surface area is 122 Å². The molecule has 0 aliphatic rings. The van der Waals surface area contributed by atoms with Gasteiger partial charge in [0.2, 0.25) is 0 Å². The molecule has 4 heteroatoms. The zero-order chi connectivity index (χ0) is 13.8. The summed E-state index contributed by atoms with van der Waals surface area (Å²) in [7, 11) is 0. The van der Waals surface area contributed by atoms with Gasteiger partial charge in [-0.15, -0.1) is 0 Å². The number of hydrogen-bond acceptors (Lipinski definition) is 2. The lowest BCUT2D eigenvalue weighted by atomic mass is 9.89. The number of hydrogen-bond donors (Lipinski definition) is 2. The van der Waals surface area contributed by atoms with Crippen molar-refractivity contribution in [1.29, 1.82) is 0 Å². The van der Waals surface area contributed by atoms with Crippen LogP contribution in [0.2, 0.25) is 10.0 Å². The fourth-order valence-electron chi connectivity index (χ4n) is 2.15. The molecule has 2 atom stereocenters. The normalized spacial score (nSPS) is 14.1. The Kier molecular flexibility index (Phi) is 4.83. The summed E-state index contributed by atoms with van der Waals surface area (Å²) in [6.07, 6.45) is -0.733. The summed E-state index contributed by atoms with van der Waals surface area (Å²) in [4.78, 5) is 0. The van der Waals surface area contributed by atoms with Crippen molar-refractivity contribution < 1.29 is 5.11 Å². The first-order valence-corrected chi connectivity index (χ1v) is 6.77. The topological polar surface area (TPSA) is 46.2 Å². The van der Waals surface area contributed by atoms with Gasteiger partial charge in [-0.2, -0.15) is 0 Å². The fourth-order valence-corrected chi connectivity index (χ4v) is 2.83. The van der Waals surface area contributed by atoms with Crippen molar-refractivity contribution in [3.63, 3.8) is 0 Å². The van der Waals surface area contributed by atoms with Gasteiger partial charge in [-0.1, -0.05) is 59.6 Å². The summed E-state index contributed by atoms with van der Waals surface area (Å²) in [6.45, 7) is 0.263. The minimum Gasteiger partial charge on any atom is -0.388 e. The Morgan fingerprint density at radius 2 is 1.53 bits per heavy atom. The molecule has 0 heterocycles. The molecule has 100 valence electrons. The second-order valence-corrected chi connectivity index (χ2v) is 5.15. The van der Waals surface area contributed by atoms with E-state index in [1.807, 2.05) is 30.3 Å². The van der Waals surface area contributed by atoms with Crippen molar-refractivity contribution in [2.24, 2.45) is 5.73 Å². The first-order chi connectivity index (χ1) is 9.15. The van der Waals surface area contributed by atoms with Crippen LogP contribution in [0.5, 0.6) is 0 Å². The van der Waals surface area contributed by atoms with E-state index in [1.165, 1.54) is 0 Å². The largest absolute Gasteiger partial charge is 0.388 e. The molecule has 0 fully saturated rings. The maximum atomic E-state index is 10.5. The fraction of sp³-hybridized carbons (Fsp3) is 0.200. The molecule has 0 saturated heterocycles. The van der Waals surface area contributed by atoms with Crippen molar-refractivity contribution in [2.75, 3.05) is 6.54 Å². The SMILES string of the molecule is NCC(c1c(Cl)cccc1Cl)C(O)c1ccccc1. The Morgan fingerprint density at radius 3 is 2.05 bits per heavy atom. The molecule has 3 N–H and O–H groups in total. The van der Waals surface area contributed by atoms with Crippen LogP contribution in [-0.2, 0) is 0 Å². The average molecular weight is 296 g/mol. The van der Waals surface area contributed by atoms with E-state index in [1.54, 1.807) is 18.2 Å². The molecule has 19 heavy (non-hydrogen) atoms. The van der Waals surface area contributed by atoms with Gasteiger partial charge < -0.3 is 10.8 Å². The Bertz CT molecular complexity index is 525. The van der Waals surface area contributed by atoms with Crippen LogP contribution in [-0.4, -0.2) is 11.7 Å². The number of rotatable bonds is 4. The zero-order valence-corrected chi connectivity index (χ0v) is 11.8. The molecule has 0 radical (unpaired) electrons. The average Bonchev–Trinajstić information content (AvgIpc) is 2.43. The van der Waals surface area contributed by atoms with Crippen LogP contribution < -0.4 is 5.73 Å². The monoisotopic (exact) mass is 295 g/mol. The summed E-state index contributed by atoms with van der Waals surface area (Å²) in [6, 6.07) is 14.6. The van der Waals surface area contributed by atoms with Crippen LogP contribution in [0.4, 0.5) is 0 Å². The summed E-state index contributed by atoms with van der Waals surface area (Å²) in [5.41, 5.74) is 7.30. The number of halogens is 2. The van der Waals surface area contributed by atoms with Gasteiger partial charge in [0.15, 0.2) is 0 Å². The van der Waals surface area contributed by atoms with Gasteiger partial charge in [0.1, 0.15) is 0 Å². The third kappa shape index (κ3) is 3.10. The molecule has 0 aromatic heterocycles. The summed E-state index contributed by atoms with van der Waals surface area (Å²) in [5, 5.41) is 11.5. The van der Waals surface area contributed by atoms with Gasteiger partial charge >= 0.3 is 0 Å². The third-order valence-electron chi connectivity index (χ3n) is 3.15. The summed E-state index contributed by atoms with van der Waals surface area (Å²) in [5.74, 6) is -0.330. The highest BCUT2D eigenvalue weighted by Gasteiger charge is 2.25. The first-order valence-electron chi connectivity index (χ1n) is 6.02. The van der Waals surface area contributed by atoms with Crippen LogP contribution in [0.3, 0.4) is 0 Å². The summed E-state index contributed by atoms with van der Waals surface area (Å²) >= 11 is 12.4. The molecule has 0 bridgehead atoms. The zero-order valence-electron chi connectivity index (χ0n) is 10.3. The van der Waals surface area contributed by atoms with E-state index in [4.69, 9.17) is 28.9 Å². The Morgan fingerprint density at radius 1 is 0.947 bits per heavy atom.